The first-order chi connectivity index (χ1) is 7.84. The Morgan fingerprint density at radius 3 is 2.35 bits per heavy atom. The predicted molar refractivity (Wildman–Crippen MR) is 70.5 cm³/mol. The summed E-state index contributed by atoms with van der Waals surface area (Å²) in [6, 6.07) is 3.67. The molecule has 0 aliphatic rings. The van der Waals surface area contributed by atoms with E-state index in [2.05, 4.69) is 15.9 Å². The minimum Gasteiger partial charge on any atom is -0.478 e. The Kier molecular flexibility index (Phi) is 4.57. The van der Waals surface area contributed by atoms with Crippen molar-refractivity contribution in [2.24, 2.45) is 5.92 Å². The van der Waals surface area contributed by atoms with E-state index in [0.717, 1.165) is 15.6 Å². The van der Waals surface area contributed by atoms with Crippen LogP contribution in [0.4, 0.5) is 0 Å². The molecule has 0 aliphatic heterocycles. The van der Waals surface area contributed by atoms with Crippen molar-refractivity contribution >= 4 is 21.9 Å². The molecule has 1 unspecified atom stereocenters. The van der Waals surface area contributed by atoms with Crippen molar-refractivity contribution < 1.29 is 14.6 Å². The third-order valence-corrected chi connectivity index (χ3v) is 3.63. The van der Waals surface area contributed by atoms with Crippen LogP contribution in [0.3, 0.4) is 0 Å². The summed E-state index contributed by atoms with van der Waals surface area (Å²) < 4.78 is 6.58. The second kappa shape index (κ2) is 5.54. The highest BCUT2D eigenvalue weighted by Crippen LogP contribution is 2.29. The van der Waals surface area contributed by atoms with E-state index in [-0.39, 0.29) is 5.92 Å². The Morgan fingerprint density at radius 2 is 1.88 bits per heavy atom. The molecular weight excluding hydrogens is 284 g/mol. The summed E-state index contributed by atoms with van der Waals surface area (Å²) in [6.07, 6.45) is -0.811. The van der Waals surface area contributed by atoms with E-state index < -0.39 is 12.1 Å². The molecule has 0 radical (unpaired) electrons. The Balaban J connectivity index is 3.02. The van der Waals surface area contributed by atoms with Crippen molar-refractivity contribution in [3.8, 4) is 5.75 Å². The van der Waals surface area contributed by atoms with Crippen LogP contribution in [0.25, 0.3) is 0 Å². The number of aliphatic carboxylic acids is 1. The zero-order valence-electron chi connectivity index (χ0n) is 10.5. The van der Waals surface area contributed by atoms with E-state index in [1.807, 2.05) is 33.8 Å². The van der Waals surface area contributed by atoms with Crippen LogP contribution in [0.1, 0.15) is 25.0 Å². The molecule has 1 aromatic rings. The topological polar surface area (TPSA) is 46.5 Å². The van der Waals surface area contributed by atoms with Crippen LogP contribution in [-0.4, -0.2) is 17.2 Å². The van der Waals surface area contributed by atoms with Crippen LogP contribution >= 0.6 is 15.9 Å². The smallest absolute Gasteiger partial charge is 0.345 e. The molecule has 3 nitrogen and oxygen atoms in total. The lowest BCUT2D eigenvalue weighted by Gasteiger charge is -2.20. The van der Waals surface area contributed by atoms with E-state index in [9.17, 15) is 4.79 Å². The summed E-state index contributed by atoms with van der Waals surface area (Å²) in [6.45, 7) is 7.56. The zero-order valence-corrected chi connectivity index (χ0v) is 12.0. The molecule has 1 atom stereocenters. The van der Waals surface area contributed by atoms with Gasteiger partial charge in [-0.2, -0.15) is 0 Å². The lowest BCUT2D eigenvalue weighted by atomic mass is 10.1. The molecule has 0 saturated carbocycles. The lowest BCUT2D eigenvalue weighted by Crippen LogP contribution is -2.32. The minimum atomic E-state index is -0.931. The number of halogens is 1. The molecule has 0 amide bonds. The fraction of sp³-hybridized carbons (Fsp3) is 0.462. The van der Waals surface area contributed by atoms with Crippen molar-refractivity contribution in [1.29, 1.82) is 0 Å². The first kappa shape index (κ1) is 14.0. The minimum absolute atomic E-state index is 0.0733. The highest BCUT2D eigenvalue weighted by Gasteiger charge is 2.24. The van der Waals surface area contributed by atoms with Gasteiger partial charge in [0, 0.05) is 10.4 Å². The summed E-state index contributed by atoms with van der Waals surface area (Å²) in [5, 5.41) is 9.09. The van der Waals surface area contributed by atoms with E-state index in [0.29, 0.717) is 5.75 Å². The summed E-state index contributed by atoms with van der Waals surface area (Å²) >= 11 is 3.43. The SMILES string of the molecule is Cc1c(Br)ccc(OC(C(=O)O)C(C)C)c1C. The van der Waals surface area contributed by atoms with Gasteiger partial charge in [-0.15, -0.1) is 0 Å². The fourth-order valence-electron chi connectivity index (χ4n) is 1.50. The highest BCUT2D eigenvalue weighted by molar-refractivity contribution is 9.10. The third kappa shape index (κ3) is 3.22. The maximum Gasteiger partial charge on any atom is 0.345 e. The molecule has 0 heterocycles. The van der Waals surface area contributed by atoms with Crippen molar-refractivity contribution in [1.82, 2.24) is 0 Å². The molecule has 1 rings (SSSR count). The molecule has 1 N–H and O–H groups in total. The summed E-state index contributed by atoms with van der Waals surface area (Å²) in [5.41, 5.74) is 2.03. The molecule has 0 bridgehead atoms. The second-order valence-electron chi connectivity index (χ2n) is 4.42. The molecule has 1 aromatic carbocycles. The Morgan fingerprint density at radius 1 is 1.29 bits per heavy atom. The maximum atomic E-state index is 11.1. The van der Waals surface area contributed by atoms with Crippen LogP contribution in [0, 0.1) is 19.8 Å². The van der Waals surface area contributed by atoms with E-state index >= 15 is 0 Å². The van der Waals surface area contributed by atoms with Crippen molar-refractivity contribution in [2.75, 3.05) is 0 Å². The fourth-order valence-corrected chi connectivity index (χ4v) is 1.93. The monoisotopic (exact) mass is 300 g/mol. The second-order valence-corrected chi connectivity index (χ2v) is 5.27. The van der Waals surface area contributed by atoms with Gasteiger partial charge >= 0.3 is 5.97 Å². The van der Waals surface area contributed by atoms with Crippen molar-refractivity contribution in [2.45, 2.75) is 33.8 Å². The van der Waals surface area contributed by atoms with Crippen LogP contribution in [-0.2, 0) is 4.79 Å². The van der Waals surface area contributed by atoms with Gasteiger partial charge in [-0.3, -0.25) is 0 Å². The maximum absolute atomic E-state index is 11.1. The standard InChI is InChI=1S/C13H17BrO3/c1-7(2)12(13(15)16)17-11-6-5-10(14)8(3)9(11)4/h5-7,12H,1-4H3,(H,15,16). The molecule has 0 fully saturated rings. The summed E-state index contributed by atoms with van der Waals surface area (Å²) in [5.74, 6) is -0.373. The lowest BCUT2D eigenvalue weighted by molar-refractivity contribution is -0.147. The molecule has 4 heteroatoms. The normalized spacial score (nSPS) is 12.6. The number of carboxylic acid groups (broad SMARTS) is 1. The number of carboxylic acids is 1. The first-order valence-electron chi connectivity index (χ1n) is 5.49. The third-order valence-electron chi connectivity index (χ3n) is 2.77. The van der Waals surface area contributed by atoms with Gasteiger partial charge in [0.1, 0.15) is 5.75 Å². The number of ether oxygens (including phenoxy) is 1. The van der Waals surface area contributed by atoms with Gasteiger partial charge < -0.3 is 9.84 Å². The average Bonchev–Trinajstić information content (AvgIpc) is 2.24. The van der Waals surface area contributed by atoms with Crippen LogP contribution in [0.5, 0.6) is 5.75 Å². The summed E-state index contributed by atoms with van der Waals surface area (Å²) in [7, 11) is 0. The number of carbonyl (C=O) groups is 1. The quantitative estimate of drug-likeness (QED) is 0.925. The van der Waals surface area contributed by atoms with Crippen molar-refractivity contribution in [3.63, 3.8) is 0 Å². The van der Waals surface area contributed by atoms with Gasteiger partial charge in [-0.05, 0) is 37.1 Å². The van der Waals surface area contributed by atoms with Gasteiger partial charge in [-0.25, -0.2) is 4.79 Å². The number of hydrogen-bond donors (Lipinski definition) is 1. The van der Waals surface area contributed by atoms with Gasteiger partial charge in [0.25, 0.3) is 0 Å². The molecule has 0 aromatic heterocycles. The highest BCUT2D eigenvalue weighted by atomic mass is 79.9. The van der Waals surface area contributed by atoms with Gasteiger partial charge in [0.2, 0.25) is 0 Å². The van der Waals surface area contributed by atoms with Crippen LogP contribution in [0.2, 0.25) is 0 Å². The average molecular weight is 301 g/mol. The van der Waals surface area contributed by atoms with Crippen LogP contribution < -0.4 is 4.74 Å². The van der Waals surface area contributed by atoms with E-state index in [1.54, 1.807) is 6.07 Å². The van der Waals surface area contributed by atoms with Crippen molar-refractivity contribution in [3.05, 3.63) is 27.7 Å². The molecule has 94 valence electrons. The first-order valence-corrected chi connectivity index (χ1v) is 6.29. The Bertz CT molecular complexity index is 427. The largest absolute Gasteiger partial charge is 0.478 e. The molecule has 17 heavy (non-hydrogen) atoms. The molecule has 0 saturated heterocycles. The van der Waals surface area contributed by atoms with Gasteiger partial charge in [-0.1, -0.05) is 29.8 Å². The molecule has 0 spiro atoms. The molecular formula is C13H17BrO3. The number of hydrogen-bond acceptors (Lipinski definition) is 2. The molecule has 0 aliphatic carbocycles. The Hall–Kier alpha value is -1.03. The van der Waals surface area contributed by atoms with E-state index in [1.165, 1.54) is 0 Å². The predicted octanol–water partition coefficient (Wildman–Crippen LogP) is 3.55. The number of benzene rings is 1. The number of rotatable bonds is 4. The van der Waals surface area contributed by atoms with Gasteiger partial charge in [0.05, 0.1) is 0 Å². The van der Waals surface area contributed by atoms with Gasteiger partial charge in [0.15, 0.2) is 6.10 Å². The van der Waals surface area contributed by atoms with Crippen LogP contribution in [0.15, 0.2) is 16.6 Å². The summed E-state index contributed by atoms with van der Waals surface area (Å²) in [4.78, 5) is 11.1. The Labute approximate surface area is 110 Å². The zero-order chi connectivity index (χ0) is 13.2. The van der Waals surface area contributed by atoms with E-state index in [4.69, 9.17) is 9.84 Å².